The molecule has 19 heavy (non-hydrogen) atoms. The van der Waals surface area contributed by atoms with Gasteiger partial charge >= 0.3 is 0 Å². The van der Waals surface area contributed by atoms with Gasteiger partial charge < -0.3 is 5.73 Å². The number of primary amides is 1. The molecule has 0 bridgehead atoms. The van der Waals surface area contributed by atoms with Crippen molar-refractivity contribution in [1.29, 1.82) is 0 Å². The van der Waals surface area contributed by atoms with Gasteiger partial charge in [0.2, 0.25) is 5.91 Å². The van der Waals surface area contributed by atoms with Crippen molar-refractivity contribution >= 4 is 5.91 Å². The SMILES string of the molecule is Cn1nc(C2CC2)cc1-c1ccc(C(N)=O)cc1F. The number of nitrogens with two attached hydrogens (primary N) is 1. The summed E-state index contributed by atoms with van der Waals surface area (Å²) in [5.74, 6) is -0.566. The molecule has 0 unspecified atom stereocenters. The van der Waals surface area contributed by atoms with E-state index in [9.17, 15) is 9.18 Å². The Morgan fingerprint density at radius 3 is 2.74 bits per heavy atom. The molecule has 0 atom stereocenters. The molecule has 1 aromatic heterocycles. The zero-order valence-electron chi connectivity index (χ0n) is 10.6. The molecule has 1 aromatic carbocycles. The Labute approximate surface area is 110 Å². The van der Waals surface area contributed by atoms with Crippen molar-refractivity contribution in [3.8, 4) is 11.3 Å². The molecule has 0 spiro atoms. The summed E-state index contributed by atoms with van der Waals surface area (Å²) < 4.78 is 15.7. The highest BCUT2D eigenvalue weighted by Crippen LogP contribution is 2.40. The van der Waals surface area contributed by atoms with E-state index >= 15 is 0 Å². The second-order valence-corrected chi connectivity index (χ2v) is 4.91. The Hall–Kier alpha value is -2.17. The Balaban J connectivity index is 2.03. The lowest BCUT2D eigenvalue weighted by Crippen LogP contribution is -2.11. The maximum Gasteiger partial charge on any atom is 0.248 e. The smallest absolute Gasteiger partial charge is 0.248 e. The largest absolute Gasteiger partial charge is 0.366 e. The second-order valence-electron chi connectivity index (χ2n) is 4.91. The summed E-state index contributed by atoms with van der Waals surface area (Å²) >= 11 is 0. The van der Waals surface area contributed by atoms with Crippen molar-refractivity contribution in [2.75, 3.05) is 0 Å². The van der Waals surface area contributed by atoms with E-state index in [1.165, 1.54) is 12.1 Å². The number of rotatable bonds is 3. The van der Waals surface area contributed by atoms with E-state index in [4.69, 9.17) is 5.73 Å². The normalized spacial score (nSPS) is 14.6. The van der Waals surface area contributed by atoms with Gasteiger partial charge in [-0.05, 0) is 37.1 Å². The summed E-state index contributed by atoms with van der Waals surface area (Å²) in [7, 11) is 1.79. The molecule has 98 valence electrons. The zero-order chi connectivity index (χ0) is 13.6. The maximum atomic E-state index is 14.1. The minimum absolute atomic E-state index is 0.172. The van der Waals surface area contributed by atoms with Crippen LogP contribution in [0.5, 0.6) is 0 Å². The molecule has 0 saturated heterocycles. The third-order valence-electron chi connectivity index (χ3n) is 3.42. The first-order valence-corrected chi connectivity index (χ1v) is 6.20. The second kappa shape index (κ2) is 4.19. The quantitative estimate of drug-likeness (QED) is 0.918. The van der Waals surface area contributed by atoms with Crippen molar-refractivity contribution in [1.82, 2.24) is 9.78 Å². The fourth-order valence-electron chi connectivity index (χ4n) is 2.20. The molecule has 1 amide bonds. The zero-order valence-corrected chi connectivity index (χ0v) is 10.6. The Bertz CT molecular complexity index is 659. The van der Waals surface area contributed by atoms with Crippen LogP contribution in [0.1, 0.15) is 34.8 Å². The maximum absolute atomic E-state index is 14.1. The first-order valence-electron chi connectivity index (χ1n) is 6.20. The van der Waals surface area contributed by atoms with Crippen LogP contribution in [0, 0.1) is 5.82 Å². The molecule has 0 radical (unpaired) electrons. The van der Waals surface area contributed by atoms with Crippen LogP contribution in [-0.2, 0) is 7.05 Å². The van der Waals surface area contributed by atoms with Crippen LogP contribution in [0.4, 0.5) is 4.39 Å². The van der Waals surface area contributed by atoms with E-state index in [2.05, 4.69) is 5.10 Å². The molecule has 2 aromatic rings. The number of nitrogens with zero attached hydrogens (tertiary/aromatic N) is 2. The summed E-state index contributed by atoms with van der Waals surface area (Å²) in [5, 5.41) is 4.41. The summed E-state index contributed by atoms with van der Waals surface area (Å²) in [6.45, 7) is 0. The van der Waals surface area contributed by atoms with Gasteiger partial charge in [-0.25, -0.2) is 4.39 Å². The fourth-order valence-corrected chi connectivity index (χ4v) is 2.20. The van der Waals surface area contributed by atoms with Gasteiger partial charge in [-0.2, -0.15) is 5.10 Å². The molecule has 3 rings (SSSR count). The predicted molar refractivity (Wildman–Crippen MR) is 69.1 cm³/mol. The van der Waals surface area contributed by atoms with Crippen LogP contribution in [0.25, 0.3) is 11.3 Å². The van der Waals surface area contributed by atoms with Crippen molar-refractivity contribution in [3.63, 3.8) is 0 Å². The number of amides is 1. The van der Waals surface area contributed by atoms with Crippen molar-refractivity contribution < 1.29 is 9.18 Å². The number of aryl methyl sites for hydroxylation is 1. The molecule has 4 nitrogen and oxygen atoms in total. The van der Waals surface area contributed by atoms with Gasteiger partial charge in [0.25, 0.3) is 0 Å². The van der Waals surface area contributed by atoms with Crippen LogP contribution >= 0.6 is 0 Å². The minimum Gasteiger partial charge on any atom is -0.366 e. The van der Waals surface area contributed by atoms with E-state index < -0.39 is 11.7 Å². The highest BCUT2D eigenvalue weighted by Gasteiger charge is 2.27. The van der Waals surface area contributed by atoms with Gasteiger partial charge in [0, 0.05) is 24.1 Å². The number of benzene rings is 1. The van der Waals surface area contributed by atoms with Crippen molar-refractivity contribution in [3.05, 3.63) is 41.3 Å². The van der Waals surface area contributed by atoms with Crippen LogP contribution in [0.3, 0.4) is 0 Å². The highest BCUT2D eigenvalue weighted by molar-refractivity contribution is 5.93. The summed E-state index contributed by atoms with van der Waals surface area (Å²) in [5.41, 5.74) is 7.47. The number of carbonyl (C=O) groups excluding carboxylic acids is 1. The van der Waals surface area contributed by atoms with Gasteiger partial charge in [0.15, 0.2) is 0 Å². The van der Waals surface area contributed by atoms with Crippen molar-refractivity contribution in [2.45, 2.75) is 18.8 Å². The molecule has 1 saturated carbocycles. The van der Waals surface area contributed by atoms with E-state index in [1.807, 2.05) is 6.07 Å². The topological polar surface area (TPSA) is 60.9 Å². The van der Waals surface area contributed by atoms with Crippen LogP contribution < -0.4 is 5.73 Å². The molecule has 1 aliphatic carbocycles. The van der Waals surface area contributed by atoms with Gasteiger partial charge in [-0.15, -0.1) is 0 Å². The summed E-state index contributed by atoms with van der Waals surface area (Å²) in [6.07, 6.45) is 2.30. The molecular formula is C14H14FN3O. The van der Waals surface area contributed by atoms with Crippen LogP contribution in [-0.4, -0.2) is 15.7 Å². The monoisotopic (exact) mass is 259 g/mol. The molecule has 2 N–H and O–H groups in total. The average Bonchev–Trinajstić information content (AvgIpc) is 3.13. The molecule has 5 heteroatoms. The van der Waals surface area contributed by atoms with E-state index in [0.29, 0.717) is 11.5 Å². The van der Waals surface area contributed by atoms with Gasteiger partial charge in [0.1, 0.15) is 5.82 Å². The fraction of sp³-hybridized carbons (Fsp3) is 0.286. The lowest BCUT2D eigenvalue weighted by molar-refractivity contribution is 0.1000. The molecular weight excluding hydrogens is 245 g/mol. The molecule has 1 heterocycles. The number of carbonyl (C=O) groups is 1. The van der Waals surface area contributed by atoms with Gasteiger partial charge in [-0.1, -0.05) is 0 Å². The predicted octanol–water partition coefficient (Wildman–Crippen LogP) is 2.20. The summed E-state index contributed by atoms with van der Waals surface area (Å²) in [6, 6.07) is 6.19. The van der Waals surface area contributed by atoms with E-state index in [-0.39, 0.29) is 5.56 Å². The number of halogens is 1. The van der Waals surface area contributed by atoms with E-state index in [1.54, 1.807) is 17.8 Å². The summed E-state index contributed by atoms with van der Waals surface area (Å²) in [4.78, 5) is 11.0. The number of hydrogen-bond acceptors (Lipinski definition) is 2. The van der Waals surface area contributed by atoms with Gasteiger partial charge in [-0.3, -0.25) is 9.48 Å². The van der Waals surface area contributed by atoms with Gasteiger partial charge in [0.05, 0.1) is 11.4 Å². The molecule has 1 aliphatic rings. The Morgan fingerprint density at radius 2 is 2.16 bits per heavy atom. The Morgan fingerprint density at radius 1 is 1.42 bits per heavy atom. The molecule has 1 fully saturated rings. The average molecular weight is 259 g/mol. The molecule has 0 aliphatic heterocycles. The number of hydrogen-bond donors (Lipinski definition) is 1. The first-order chi connectivity index (χ1) is 9.06. The third-order valence-corrected chi connectivity index (χ3v) is 3.42. The Kier molecular flexibility index (Phi) is 2.62. The minimum atomic E-state index is -0.630. The van der Waals surface area contributed by atoms with Crippen LogP contribution in [0.2, 0.25) is 0 Å². The van der Waals surface area contributed by atoms with Crippen LogP contribution in [0.15, 0.2) is 24.3 Å². The lowest BCUT2D eigenvalue weighted by Gasteiger charge is -2.04. The lowest BCUT2D eigenvalue weighted by atomic mass is 10.1. The number of aromatic nitrogens is 2. The third kappa shape index (κ3) is 2.12. The van der Waals surface area contributed by atoms with E-state index in [0.717, 1.165) is 24.2 Å². The standard InChI is InChI=1S/C14H14FN3O/c1-18-13(7-12(17-18)8-2-3-8)10-5-4-9(14(16)19)6-11(10)15/h4-8H,2-3H2,1H3,(H2,16,19). The highest BCUT2D eigenvalue weighted by atomic mass is 19.1. The first kappa shape index (κ1) is 11.9. The van der Waals surface area contributed by atoms with Crippen molar-refractivity contribution in [2.24, 2.45) is 12.8 Å².